The highest BCUT2D eigenvalue weighted by molar-refractivity contribution is 7.84. The van der Waals surface area contributed by atoms with Crippen molar-refractivity contribution < 1.29 is 22.9 Å². The molecule has 3 aromatic rings. The van der Waals surface area contributed by atoms with Crippen molar-refractivity contribution in [2.75, 3.05) is 20.8 Å². The third-order valence-corrected chi connectivity index (χ3v) is 6.17. The monoisotopic (exact) mass is 427 g/mol. The lowest BCUT2D eigenvalue weighted by atomic mass is 10.1. The Kier molecular flexibility index (Phi) is 7.30. The van der Waals surface area contributed by atoms with Crippen LogP contribution >= 0.6 is 0 Å². The molecule has 6 nitrogen and oxygen atoms in total. The first kappa shape index (κ1) is 21.6. The normalized spacial score (nSPS) is 11.7. The van der Waals surface area contributed by atoms with E-state index in [2.05, 4.69) is 5.32 Å². The van der Waals surface area contributed by atoms with Crippen molar-refractivity contribution in [3.8, 4) is 11.5 Å². The first-order chi connectivity index (χ1) is 14.5. The molecule has 0 spiro atoms. The van der Waals surface area contributed by atoms with Crippen molar-refractivity contribution in [1.29, 1.82) is 0 Å². The first-order valence-corrected chi connectivity index (χ1v) is 10.9. The topological polar surface area (TPSA) is 77.8 Å². The number of hydrogen-bond acceptors (Lipinski definition) is 5. The van der Waals surface area contributed by atoms with Gasteiger partial charge in [-0.25, -0.2) is 0 Å². The molecular weight excluding hydrogens is 402 g/mol. The Morgan fingerprint density at radius 2 is 1.87 bits per heavy atom. The largest absolute Gasteiger partial charge is 0.497 e. The van der Waals surface area contributed by atoms with E-state index in [1.54, 1.807) is 26.4 Å². The van der Waals surface area contributed by atoms with Crippen LogP contribution in [0.2, 0.25) is 0 Å². The number of carbonyl (C=O) groups is 1. The smallest absolute Gasteiger partial charge is 0.287 e. The third kappa shape index (κ3) is 5.30. The molecular formula is C23H25NO5S. The van der Waals surface area contributed by atoms with E-state index in [9.17, 15) is 9.00 Å². The predicted molar refractivity (Wildman–Crippen MR) is 116 cm³/mol. The SMILES string of the molecule is COc1ccc(CCNC(=O)c2ccc(CS(=O)c3ccccc3C)o2)c(OC)c1. The molecule has 158 valence electrons. The van der Waals surface area contributed by atoms with Crippen LogP contribution in [0, 0.1) is 6.92 Å². The molecule has 1 aromatic heterocycles. The second-order valence-electron chi connectivity index (χ2n) is 6.70. The Balaban J connectivity index is 1.55. The number of carbonyl (C=O) groups excluding carboxylic acids is 1. The summed E-state index contributed by atoms with van der Waals surface area (Å²) in [6, 6.07) is 16.4. The molecule has 7 heteroatoms. The van der Waals surface area contributed by atoms with Gasteiger partial charge in [-0.05, 0) is 48.7 Å². The molecule has 0 saturated heterocycles. The lowest BCUT2D eigenvalue weighted by Gasteiger charge is -2.10. The van der Waals surface area contributed by atoms with E-state index in [1.807, 2.05) is 49.4 Å². The number of methoxy groups -OCH3 is 2. The van der Waals surface area contributed by atoms with Crippen molar-refractivity contribution in [2.45, 2.75) is 24.0 Å². The summed E-state index contributed by atoms with van der Waals surface area (Å²) in [5, 5.41) is 2.84. The lowest BCUT2D eigenvalue weighted by molar-refractivity contribution is 0.0925. The summed E-state index contributed by atoms with van der Waals surface area (Å²) in [4.78, 5) is 13.2. The number of benzene rings is 2. The van der Waals surface area contributed by atoms with E-state index < -0.39 is 10.8 Å². The molecule has 1 unspecified atom stereocenters. The maximum absolute atomic E-state index is 12.6. The fourth-order valence-electron chi connectivity index (χ4n) is 3.05. The molecule has 0 aliphatic heterocycles. The van der Waals surface area contributed by atoms with Crippen LogP contribution in [0.25, 0.3) is 0 Å². The van der Waals surface area contributed by atoms with Gasteiger partial charge in [0.15, 0.2) is 5.76 Å². The van der Waals surface area contributed by atoms with Gasteiger partial charge in [-0.1, -0.05) is 24.3 Å². The summed E-state index contributed by atoms with van der Waals surface area (Å²) in [6.07, 6.45) is 0.601. The highest BCUT2D eigenvalue weighted by Crippen LogP contribution is 2.24. The summed E-state index contributed by atoms with van der Waals surface area (Å²) in [5.41, 5.74) is 1.93. The predicted octanol–water partition coefficient (Wildman–Crippen LogP) is 3.89. The summed E-state index contributed by atoms with van der Waals surface area (Å²) in [7, 11) is 1.97. The third-order valence-electron chi connectivity index (χ3n) is 4.67. The van der Waals surface area contributed by atoms with Gasteiger partial charge >= 0.3 is 0 Å². The number of furan rings is 1. The average Bonchev–Trinajstić information content (AvgIpc) is 3.22. The highest BCUT2D eigenvalue weighted by atomic mass is 32.2. The highest BCUT2D eigenvalue weighted by Gasteiger charge is 2.15. The molecule has 3 rings (SSSR count). The Hall–Kier alpha value is -3.06. The van der Waals surface area contributed by atoms with E-state index >= 15 is 0 Å². The van der Waals surface area contributed by atoms with Crippen LogP contribution < -0.4 is 14.8 Å². The van der Waals surface area contributed by atoms with Gasteiger partial charge < -0.3 is 19.2 Å². The molecule has 0 radical (unpaired) electrons. The zero-order valence-electron chi connectivity index (χ0n) is 17.3. The van der Waals surface area contributed by atoms with Crippen LogP contribution in [-0.4, -0.2) is 30.9 Å². The van der Waals surface area contributed by atoms with E-state index in [0.29, 0.717) is 30.2 Å². The molecule has 30 heavy (non-hydrogen) atoms. The summed E-state index contributed by atoms with van der Waals surface area (Å²) in [6.45, 7) is 2.35. The molecule has 1 amide bonds. The van der Waals surface area contributed by atoms with Crippen LogP contribution in [0.1, 0.15) is 27.4 Å². The van der Waals surface area contributed by atoms with E-state index in [1.165, 1.54) is 0 Å². The summed E-state index contributed by atoms with van der Waals surface area (Å²) >= 11 is 0. The number of aryl methyl sites for hydroxylation is 1. The quantitative estimate of drug-likeness (QED) is 0.561. The molecule has 0 bridgehead atoms. The Labute approximate surface area is 178 Å². The van der Waals surface area contributed by atoms with Crippen molar-refractivity contribution in [3.05, 3.63) is 77.2 Å². The fraction of sp³-hybridized carbons (Fsp3) is 0.261. The maximum Gasteiger partial charge on any atom is 0.287 e. The fourth-order valence-corrected chi connectivity index (χ4v) is 4.28. The van der Waals surface area contributed by atoms with Crippen LogP contribution in [0.3, 0.4) is 0 Å². The number of hydrogen-bond donors (Lipinski definition) is 1. The molecule has 0 fully saturated rings. The van der Waals surface area contributed by atoms with E-state index in [0.717, 1.165) is 16.0 Å². The number of rotatable bonds is 9. The van der Waals surface area contributed by atoms with Crippen molar-refractivity contribution >= 4 is 16.7 Å². The van der Waals surface area contributed by atoms with E-state index in [4.69, 9.17) is 13.9 Å². The van der Waals surface area contributed by atoms with Crippen LogP contribution in [0.5, 0.6) is 11.5 Å². The van der Waals surface area contributed by atoms with Crippen molar-refractivity contribution in [3.63, 3.8) is 0 Å². The van der Waals surface area contributed by atoms with Gasteiger partial charge in [0.2, 0.25) is 0 Å². The average molecular weight is 428 g/mol. The summed E-state index contributed by atoms with van der Waals surface area (Å²) in [5.74, 6) is 2.05. The molecule has 1 heterocycles. The standard InChI is InChI=1S/C23H25NO5S/c1-16-6-4-5-7-22(16)30(26)15-19-10-11-20(29-19)23(25)24-13-12-17-8-9-18(27-2)14-21(17)28-3/h4-11,14H,12-13,15H2,1-3H3,(H,24,25). The second-order valence-corrected chi connectivity index (χ2v) is 8.12. The Bertz CT molecular complexity index is 1040. The van der Waals surface area contributed by atoms with Gasteiger partial charge in [-0.15, -0.1) is 0 Å². The van der Waals surface area contributed by atoms with Crippen LogP contribution in [0.15, 0.2) is 63.9 Å². The molecule has 0 aliphatic carbocycles. The van der Waals surface area contributed by atoms with Gasteiger partial charge in [0, 0.05) is 17.5 Å². The minimum Gasteiger partial charge on any atom is -0.497 e. The first-order valence-electron chi connectivity index (χ1n) is 9.53. The molecule has 1 atom stereocenters. The number of amides is 1. The Morgan fingerprint density at radius 3 is 2.60 bits per heavy atom. The van der Waals surface area contributed by atoms with Crippen molar-refractivity contribution in [1.82, 2.24) is 5.32 Å². The zero-order chi connectivity index (χ0) is 21.5. The van der Waals surface area contributed by atoms with Crippen molar-refractivity contribution in [2.24, 2.45) is 0 Å². The maximum atomic E-state index is 12.6. The van der Waals surface area contributed by atoms with Crippen LogP contribution in [0.4, 0.5) is 0 Å². The second kappa shape index (κ2) is 10.1. The van der Waals surface area contributed by atoms with Gasteiger partial charge in [-0.3, -0.25) is 9.00 Å². The van der Waals surface area contributed by atoms with Gasteiger partial charge in [-0.2, -0.15) is 0 Å². The molecule has 1 N–H and O–H groups in total. The number of ether oxygens (including phenoxy) is 2. The van der Waals surface area contributed by atoms with Gasteiger partial charge in [0.1, 0.15) is 17.3 Å². The lowest BCUT2D eigenvalue weighted by Crippen LogP contribution is -2.25. The molecule has 0 saturated carbocycles. The Morgan fingerprint density at radius 1 is 1.07 bits per heavy atom. The molecule has 0 aliphatic rings. The number of nitrogens with one attached hydrogen (secondary N) is 1. The van der Waals surface area contributed by atoms with Gasteiger partial charge in [0.25, 0.3) is 5.91 Å². The molecule has 2 aromatic carbocycles. The minimum atomic E-state index is -1.23. The van der Waals surface area contributed by atoms with Gasteiger partial charge in [0.05, 0.1) is 30.8 Å². The minimum absolute atomic E-state index is 0.202. The zero-order valence-corrected chi connectivity index (χ0v) is 18.1. The summed E-state index contributed by atoms with van der Waals surface area (Å²) < 4.78 is 28.8. The van der Waals surface area contributed by atoms with Crippen LogP contribution in [-0.2, 0) is 23.0 Å². The van der Waals surface area contributed by atoms with E-state index in [-0.39, 0.29) is 17.4 Å².